The fourth-order valence-electron chi connectivity index (χ4n) is 1.96. The molecule has 0 bridgehead atoms. The van der Waals surface area contributed by atoms with Crippen molar-refractivity contribution in [2.45, 2.75) is 0 Å². The molecule has 1 aromatic carbocycles. The van der Waals surface area contributed by atoms with E-state index in [-0.39, 0.29) is 5.88 Å². The highest BCUT2D eigenvalue weighted by Crippen LogP contribution is 2.32. The molecule has 0 amide bonds. The second-order valence-electron chi connectivity index (χ2n) is 4.06. The van der Waals surface area contributed by atoms with Crippen LogP contribution in [0, 0.1) is 0 Å². The molecule has 3 rings (SSSR count). The summed E-state index contributed by atoms with van der Waals surface area (Å²) in [6.45, 7) is 0. The average molecular weight is 319 g/mol. The Morgan fingerprint density at radius 3 is 2.58 bits per heavy atom. The number of nitrogens with zero attached hydrogens (tertiary/aromatic N) is 2. The minimum Gasteiger partial charge on any atom is -0.497 e. The quantitative estimate of drug-likeness (QED) is 0.787. The van der Waals surface area contributed by atoms with E-state index in [0.717, 1.165) is 15.8 Å². The van der Waals surface area contributed by atoms with Gasteiger partial charge in [0.2, 0.25) is 5.88 Å². The summed E-state index contributed by atoms with van der Waals surface area (Å²) >= 11 is 3.43. The topological polar surface area (TPSA) is 46.8 Å². The molecule has 0 fully saturated rings. The van der Waals surface area contributed by atoms with Crippen molar-refractivity contribution < 1.29 is 9.84 Å². The number of aromatic nitrogens is 2. The van der Waals surface area contributed by atoms with Crippen molar-refractivity contribution in [3.05, 3.63) is 47.1 Å². The van der Waals surface area contributed by atoms with E-state index in [2.05, 4.69) is 20.9 Å². The summed E-state index contributed by atoms with van der Waals surface area (Å²) in [7, 11) is 1.62. The SMILES string of the molecule is COc1ccc(-c2nc3c(Br)cccn3c2O)cc1. The summed E-state index contributed by atoms with van der Waals surface area (Å²) in [6.07, 6.45) is 1.77. The van der Waals surface area contributed by atoms with E-state index < -0.39 is 0 Å². The second-order valence-corrected chi connectivity index (χ2v) is 4.92. The molecule has 2 aromatic heterocycles. The predicted octanol–water partition coefficient (Wildman–Crippen LogP) is 3.48. The van der Waals surface area contributed by atoms with Crippen molar-refractivity contribution in [1.82, 2.24) is 9.38 Å². The zero-order chi connectivity index (χ0) is 13.4. The monoisotopic (exact) mass is 318 g/mol. The summed E-state index contributed by atoms with van der Waals surface area (Å²) in [5.74, 6) is 0.898. The summed E-state index contributed by atoms with van der Waals surface area (Å²) in [5.41, 5.74) is 2.08. The summed E-state index contributed by atoms with van der Waals surface area (Å²) < 4.78 is 7.60. The summed E-state index contributed by atoms with van der Waals surface area (Å²) in [4.78, 5) is 4.46. The molecule has 19 heavy (non-hydrogen) atoms. The van der Waals surface area contributed by atoms with Crippen LogP contribution in [0.4, 0.5) is 0 Å². The third-order valence-electron chi connectivity index (χ3n) is 2.94. The summed E-state index contributed by atoms with van der Waals surface area (Å²) in [6, 6.07) is 11.2. The highest BCUT2D eigenvalue weighted by atomic mass is 79.9. The number of benzene rings is 1. The number of ether oxygens (including phenoxy) is 1. The van der Waals surface area contributed by atoms with E-state index >= 15 is 0 Å². The van der Waals surface area contributed by atoms with Crippen LogP contribution in [0.25, 0.3) is 16.9 Å². The molecule has 0 aliphatic rings. The molecule has 96 valence electrons. The standard InChI is InChI=1S/C14H11BrN2O2/c1-19-10-6-4-9(5-7-10)12-14(18)17-8-2-3-11(15)13(17)16-12/h2-8,18H,1H3. The minimum absolute atomic E-state index is 0.126. The van der Waals surface area contributed by atoms with Crippen LogP contribution in [-0.4, -0.2) is 21.6 Å². The van der Waals surface area contributed by atoms with Gasteiger partial charge < -0.3 is 9.84 Å². The lowest BCUT2D eigenvalue weighted by atomic mass is 10.1. The van der Waals surface area contributed by atoms with Crippen LogP contribution in [0.5, 0.6) is 11.6 Å². The van der Waals surface area contributed by atoms with Gasteiger partial charge in [0.15, 0.2) is 5.65 Å². The normalized spacial score (nSPS) is 10.8. The number of fused-ring (bicyclic) bond motifs is 1. The van der Waals surface area contributed by atoms with Crippen molar-refractivity contribution in [2.75, 3.05) is 7.11 Å². The molecule has 0 spiro atoms. The molecule has 0 radical (unpaired) electrons. The number of methoxy groups -OCH3 is 1. The zero-order valence-corrected chi connectivity index (χ0v) is 11.8. The van der Waals surface area contributed by atoms with Gasteiger partial charge in [0.1, 0.15) is 11.4 Å². The minimum atomic E-state index is 0.126. The van der Waals surface area contributed by atoms with Gasteiger partial charge in [-0.15, -0.1) is 0 Å². The Hall–Kier alpha value is -2.01. The summed E-state index contributed by atoms with van der Waals surface area (Å²) in [5, 5.41) is 10.2. The van der Waals surface area contributed by atoms with Gasteiger partial charge >= 0.3 is 0 Å². The van der Waals surface area contributed by atoms with Crippen LogP contribution in [0.15, 0.2) is 47.1 Å². The smallest absolute Gasteiger partial charge is 0.224 e. The Kier molecular flexibility index (Phi) is 2.91. The van der Waals surface area contributed by atoms with Crippen molar-refractivity contribution in [1.29, 1.82) is 0 Å². The molecule has 4 nitrogen and oxygen atoms in total. The van der Waals surface area contributed by atoms with E-state index in [4.69, 9.17) is 4.74 Å². The third kappa shape index (κ3) is 1.96. The first-order valence-electron chi connectivity index (χ1n) is 5.70. The molecule has 0 unspecified atom stereocenters. The lowest BCUT2D eigenvalue weighted by Crippen LogP contribution is -1.83. The zero-order valence-electron chi connectivity index (χ0n) is 10.2. The molecule has 0 aliphatic carbocycles. The Bertz CT molecular complexity index is 735. The number of halogens is 1. The van der Waals surface area contributed by atoms with Gasteiger partial charge in [0.05, 0.1) is 11.6 Å². The van der Waals surface area contributed by atoms with Crippen LogP contribution in [0.2, 0.25) is 0 Å². The van der Waals surface area contributed by atoms with E-state index in [9.17, 15) is 5.11 Å². The lowest BCUT2D eigenvalue weighted by Gasteiger charge is -2.01. The first-order chi connectivity index (χ1) is 9.20. The Labute approximate surface area is 118 Å². The van der Waals surface area contributed by atoms with Gasteiger partial charge in [-0.1, -0.05) is 0 Å². The third-order valence-corrected chi connectivity index (χ3v) is 3.56. The molecule has 0 saturated carbocycles. The van der Waals surface area contributed by atoms with Gasteiger partial charge in [0.25, 0.3) is 0 Å². The van der Waals surface area contributed by atoms with Gasteiger partial charge in [-0.2, -0.15) is 0 Å². The molecular formula is C14H11BrN2O2. The number of aromatic hydroxyl groups is 1. The van der Waals surface area contributed by atoms with Crippen molar-refractivity contribution >= 4 is 21.6 Å². The van der Waals surface area contributed by atoms with Gasteiger partial charge in [-0.05, 0) is 52.3 Å². The van der Waals surface area contributed by atoms with Gasteiger partial charge in [-0.3, -0.25) is 4.40 Å². The highest BCUT2D eigenvalue weighted by Gasteiger charge is 2.14. The molecule has 3 aromatic rings. The van der Waals surface area contributed by atoms with Crippen LogP contribution in [0.3, 0.4) is 0 Å². The van der Waals surface area contributed by atoms with Gasteiger partial charge in [0, 0.05) is 11.8 Å². The van der Waals surface area contributed by atoms with Crippen LogP contribution >= 0.6 is 15.9 Å². The first kappa shape index (κ1) is 12.0. The molecule has 5 heteroatoms. The van der Waals surface area contributed by atoms with E-state index in [1.54, 1.807) is 17.7 Å². The van der Waals surface area contributed by atoms with Crippen molar-refractivity contribution in [3.63, 3.8) is 0 Å². The number of imidazole rings is 1. The fourth-order valence-corrected chi connectivity index (χ4v) is 2.40. The predicted molar refractivity (Wildman–Crippen MR) is 76.5 cm³/mol. The molecule has 0 aliphatic heterocycles. The molecule has 2 heterocycles. The number of pyridine rings is 1. The van der Waals surface area contributed by atoms with Crippen molar-refractivity contribution in [2.24, 2.45) is 0 Å². The van der Waals surface area contributed by atoms with E-state index in [1.165, 1.54) is 0 Å². The maximum atomic E-state index is 10.2. The molecule has 0 atom stereocenters. The molecule has 0 saturated heterocycles. The van der Waals surface area contributed by atoms with Crippen molar-refractivity contribution in [3.8, 4) is 22.9 Å². The maximum Gasteiger partial charge on any atom is 0.224 e. The Balaban J connectivity index is 2.19. The van der Waals surface area contributed by atoms with Crippen LogP contribution in [0.1, 0.15) is 0 Å². The lowest BCUT2D eigenvalue weighted by molar-refractivity contribution is 0.415. The largest absolute Gasteiger partial charge is 0.497 e. The van der Waals surface area contributed by atoms with Crippen LogP contribution < -0.4 is 4.74 Å². The van der Waals surface area contributed by atoms with E-state index in [0.29, 0.717) is 11.3 Å². The fraction of sp³-hybridized carbons (Fsp3) is 0.0714. The Morgan fingerprint density at radius 2 is 1.95 bits per heavy atom. The Morgan fingerprint density at radius 1 is 1.21 bits per heavy atom. The second kappa shape index (κ2) is 4.59. The first-order valence-corrected chi connectivity index (χ1v) is 6.50. The number of rotatable bonds is 2. The van der Waals surface area contributed by atoms with Crippen LogP contribution in [-0.2, 0) is 0 Å². The molecular weight excluding hydrogens is 308 g/mol. The van der Waals surface area contributed by atoms with E-state index in [1.807, 2.05) is 36.4 Å². The number of hydrogen-bond donors (Lipinski definition) is 1. The van der Waals surface area contributed by atoms with Gasteiger partial charge in [-0.25, -0.2) is 4.98 Å². The maximum absolute atomic E-state index is 10.2. The molecule has 1 N–H and O–H groups in total. The number of hydrogen-bond acceptors (Lipinski definition) is 3. The highest BCUT2D eigenvalue weighted by molar-refractivity contribution is 9.10. The average Bonchev–Trinajstić information content (AvgIpc) is 2.78.